The van der Waals surface area contributed by atoms with E-state index >= 15 is 0 Å². The van der Waals surface area contributed by atoms with Crippen molar-refractivity contribution in [3.8, 4) is 0 Å². The van der Waals surface area contributed by atoms with Crippen molar-refractivity contribution in [2.24, 2.45) is 11.8 Å². The Kier molecular flexibility index (Phi) is 6.08. The highest BCUT2D eigenvalue weighted by atomic mass is 16.4. The van der Waals surface area contributed by atoms with Crippen molar-refractivity contribution >= 4 is 17.0 Å². The number of fused-ring (bicyclic) bond motifs is 5. The largest absolute Gasteiger partial charge is 0.480 e. The van der Waals surface area contributed by atoms with Crippen LogP contribution in [0.3, 0.4) is 0 Å². The molecule has 5 fully saturated rings. The molecule has 3 saturated heterocycles. The summed E-state index contributed by atoms with van der Waals surface area (Å²) >= 11 is 0. The first-order valence-corrected chi connectivity index (χ1v) is 14.8. The minimum atomic E-state index is -0.732. The van der Waals surface area contributed by atoms with E-state index in [1.165, 1.54) is 88.4 Å². The lowest BCUT2D eigenvalue weighted by molar-refractivity contribution is -0.139. The summed E-state index contributed by atoms with van der Waals surface area (Å²) in [6.45, 7) is 1.76. The molecule has 36 heavy (non-hydrogen) atoms. The number of carboxylic acid groups (broad SMARTS) is 1. The minimum Gasteiger partial charge on any atom is -0.480 e. The summed E-state index contributed by atoms with van der Waals surface area (Å²) in [5, 5.41) is 9.20. The molecular formula is C30H42N4O2. The number of para-hydroxylation sites is 2. The molecule has 0 amide bonds. The first-order valence-electron chi connectivity index (χ1n) is 14.8. The van der Waals surface area contributed by atoms with Gasteiger partial charge in [-0.3, -0.25) is 14.6 Å². The highest BCUT2D eigenvalue weighted by Gasteiger charge is 2.46. The van der Waals surface area contributed by atoms with Gasteiger partial charge in [0.05, 0.1) is 17.6 Å². The van der Waals surface area contributed by atoms with Gasteiger partial charge < -0.3 is 9.67 Å². The Morgan fingerprint density at radius 2 is 1.53 bits per heavy atom. The van der Waals surface area contributed by atoms with Gasteiger partial charge in [0.25, 0.3) is 0 Å². The predicted molar refractivity (Wildman–Crippen MR) is 141 cm³/mol. The van der Waals surface area contributed by atoms with Crippen LogP contribution in [0.5, 0.6) is 0 Å². The highest BCUT2D eigenvalue weighted by molar-refractivity contribution is 5.76. The van der Waals surface area contributed by atoms with Crippen LogP contribution < -0.4 is 0 Å². The van der Waals surface area contributed by atoms with E-state index in [-0.39, 0.29) is 6.54 Å². The summed E-state index contributed by atoms with van der Waals surface area (Å²) in [4.78, 5) is 21.4. The van der Waals surface area contributed by atoms with Gasteiger partial charge in [-0.05, 0) is 68.9 Å². The number of piperidine rings is 2. The van der Waals surface area contributed by atoms with Crippen molar-refractivity contribution in [2.45, 2.75) is 107 Å². The lowest BCUT2D eigenvalue weighted by Gasteiger charge is -2.55. The highest BCUT2D eigenvalue weighted by Crippen LogP contribution is 2.48. The van der Waals surface area contributed by atoms with Crippen molar-refractivity contribution in [3.05, 3.63) is 30.1 Å². The smallest absolute Gasteiger partial charge is 0.317 e. The number of benzene rings is 1. The summed E-state index contributed by atoms with van der Waals surface area (Å²) in [5.41, 5.74) is 2.39. The number of nitrogens with zero attached hydrogens (tertiary/aromatic N) is 4. The Hall–Kier alpha value is -1.92. The fourth-order valence-corrected chi connectivity index (χ4v) is 9.09. The minimum absolute atomic E-state index is 0.142. The quantitative estimate of drug-likeness (QED) is 0.605. The average Bonchev–Trinajstić information content (AvgIpc) is 3.12. The van der Waals surface area contributed by atoms with Crippen LogP contribution in [0.2, 0.25) is 0 Å². The molecule has 2 saturated carbocycles. The number of carboxylic acids is 1. The molecule has 6 heteroatoms. The second-order valence-electron chi connectivity index (χ2n) is 12.8. The van der Waals surface area contributed by atoms with Gasteiger partial charge in [0.15, 0.2) is 0 Å². The third kappa shape index (κ3) is 4.18. The summed E-state index contributed by atoms with van der Waals surface area (Å²) in [5.74, 6) is 2.77. The van der Waals surface area contributed by atoms with Gasteiger partial charge in [-0.1, -0.05) is 44.2 Å². The van der Waals surface area contributed by atoms with Crippen LogP contribution in [0.25, 0.3) is 11.0 Å². The molecule has 5 aliphatic rings. The number of carbonyl (C=O) groups is 1. The zero-order valence-electron chi connectivity index (χ0n) is 21.6. The van der Waals surface area contributed by atoms with E-state index in [1.54, 1.807) is 0 Å². The molecule has 1 N–H and O–H groups in total. The second kappa shape index (κ2) is 9.43. The van der Waals surface area contributed by atoms with Crippen LogP contribution in [-0.2, 0) is 4.79 Å². The Morgan fingerprint density at radius 3 is 2.22 bits per heavy atom. The Labute approximate surface area is 215 Å². The molecule has 4 bridgehead atoms. The lowest BCUT2D eigenvalue weighted by atomic mass is 9.73. The maximum absolute atomic E-state index is 11.2. The number of rotatable bonds is 5. The molecule has 6 nitrogen and oxygen atoms in total. The van der Waals surface area contributed by atoms with Crippen LogP contribution in [0, 0.1) is 11.8 Å². The van der Waals surface area contributed by atoms with E-state index in [1.807, 2.05) is 4.90 Å². The van der Waals surface area contributed by atoms with Crippen molar-refractivity contribution < 1.29 is 9.90 Å². The monoisotopic (exact) mass is 490 g/mol. The standard InChI is InChI=1S/C30H42N4O2/c35-29(36)19-32-17-22(18-32)30-31-27-10-3-4-11-28(27)34(30)26-15-23-8-5-9-24(16-26)33(23)25-13-20-6-1-2-7-21(12-20)14-25/h3-4,10-11,20-26H,1-2,5-9,12-19H2,(H,35,36)/t20-,21+,23?,24?,25?,26?. The number of aromatic nitrogens is 2. The van der Waals surface area contributed by atoms with Crippen LogP contribution in [0.1, 0.15) is 94.8 Å². The molecule has 3 aliphatic heterocycles. The maximum Gasteiger partial charge on any atom is 0.317 e. The zero-order chi connectivity index (χ0) is 24.2. The average molecular weight is 491 g/mol. The van der Waals surface area contributed by atoms with Crippen molar-refractivity contribution in [2.75, 3.05) is 19.6 Å². The summed E-state index contributed by atoms with van der Waals surface area (Å²) < 4.78 is 2.61. The maximum atomic E-state index is 11.2. The van der Waals surface area contributed by atoms with Gasteiger partial charge in [-0.15, -0.1) is 0 Å². The lowest BCUT2D eigenvalue weighted by Crippen LogP contribution is -2.58. The Bertz CT molecular complexity index is 1080. The Morgan fingerprint density at radius 1 is 0.833 bits per heavy atom. The molecule has 1 aromatic heterocycles. The fraction of sp³-hybridized carbons (Fsp3) is 0.733. The molecule has 0 radical (unpaired) electrons. The van der Waals surface area contributed by atoms with Gasteiger partial charge in [-0.2, -0.15) is 0 Å². The molecule has 194 valence electrons. The van der Waals surface area contributed by atoms with Gasteiger partial charge in [0.2, 0.25) is 0 Å². The number of likely N-dealkylation sites (tertiary alicyclic amines) is 1. The van der Waals surface area contributed by atoms with Crippen LogP contribution >= 0.6 is 0 Å². The Balaban J connectivity index is 1.15. The van der Waals surface area contributed by atoms with Crippen LogP contribution in [0.15, 0.2) is 24.3 Å². The molecule has 0 spiro atoms. The first kappa shape index (κ1) is 23.2. The molecule has 2 aromatic rings. The number of hydrogen-bond acceptors (Lipinski definition) is 4. The fourth-order valence-electron chi connectivity index (χ4n) is 9.09. The topological polar surface area (TPSA) is 61.6 Å². The van der Waals surface area contributed by atoms with Gasteiger partial charge in [0.1, 0.15) is 5.82 Å². The van der Waals surface area contributed by atoms with Crippen molar-refractivity contribution in [3.63, 3.8) is 0 Å². The third-order valence-corrected chi connectivity index (χ3v) is 10.4. The van der Waals surface area contributed by atoms with E-state index in [0.717, 1.165) is 36.5 Å². The summed E-state index contributed by atoms with van der Waals surface area (Å²) in [7, 11) is 0. The zero-order valence-corrected chi connectivity index (χ0v) is 21.6. The van der Waals surface area contributed by atoms with E-state index in [9.17, 15) is 9.90 Å². The first-order chi connectivity index (χ1) is 17.6. The van der Waals surface area contributed by atoms with Crippen LogP contribution in [0.4, 0.5) is 0 Å². The van der Waals surface area contributed by atoms with Gasteiger partial charge in [-0.25, -0.2) is 4.98 Å². The van der Waals surface area contributed by atoms with Crippen molar-refractivity contribution in [1.82, 2.24) is 19.4 Å². The van der Waals surface area contributed by atoms with Crippen LogP contribution in [-0.4, -0.2) is 68.2 Å². The summed E-state index contributed by atoms with van der Waals surface area (Å²) in [6, 6.07) is 11.4. The third-order valence-electron chi connectivity index (χ3n) is 10.4. The normalized spacial score (nSPS) is 35.9. The number of imidazole rings is 1. The van der Waals surface area contributed by atoms with Gasteiger partial charge >= 0.3 is 5.97 Å². The molecule has 2 aliphatic carbocycles. The molecule has 4 heterocycles. The van der Waals surface area contributed by atoms with E-state index < -0.39 is 5.97 Å². The SMILES string of the molecule is O=C(O)CN1CC(c2nc3ccccc3n2C2CC3CCCC(C2)N3C2C[C@H]3CCCC[C@@H](C2)C3)C1. The predicted octanol–water partition coefficient (Wildman–Crippen LogP) is 5.44. The molecule has 7 rings (SSSR count). The van der Waals surface area contributed by atoms with E-state index in [0.29, 0.717) is 24.0 Å². The van der Waals surface area contributed by atoms with Gasteiger partial charge in [0, 0.05) is 43.2 Å². The summed E-state index contributed by atoms with van der Waals surface area (Å²) in [6.07, 6.45) is 16.9. The number of hydrogen-bond donors (Lipinski definition) is 1. The number of aliphatic carboxylic acids is 1. The van der Waals surface area contributed by atoms with E-state index in [4.69, 9.17) is 4.98 Å². The second-order valence-corrected chi connectivity index (χ2v) is 12.8. The molecular weight excluding hydrogens is 448 g/mol. The molecule has 5 atom stereocenters. The molecule has 3 unspecified atom stereocenters. The van der Waals surface area contributed by atoms with Crippen molar-refractivity contribution in [1.29, 1.82) is 0 Å². The molecule has 1 aromatic carbocycles. The van der Waals surface area contributed by atoms with E-state index in [2.05, 4.69) is 33.7 Å².